The fourth-order valence-corrected chi connectivity index (χ4v) is 3.43. The second-order valence-corrected chi connectivity index (χ2v) is 6.83. The summed E-state index contributed by atoms with van der Waals surface area (Å²) in [5, 5.41) is -0.320. The van der Waals surface area contributed by atoms with Gasteiger partial charge in [0.25, 0.3) is 11.1 Å². The van der Waals surface area contributed by atoms with Crippen molar-refractivity contribution in [2.75, 3.05) is 4.90 Å². The van der Waals surface area contributed by atoms with Gasteiger partial charge < -0.3 is 0 Å². The van der Waals surface area contributed by atoms with E-state index >= 15 is 0 Å². The summed E-state index contributed by atoms with van der Waals surface area (Å²) in [4.78, 5) is 26.4. The maximum absolute atomic E-state index is 13.0. The van der Waals surface area contributed by atoms with Gasteiger partial charge in [-0.3, -0.25) is 9.59 Å². The molecule has 0 N–H and O–H groups in total. The van der Waals surface area contributed by atoms with Crippen molar-refractivity contribution < 1.29 is 14.0 Å². The molecule has 0 spiro atoms. The number of imide groups is 1. The van der Waals surface area contributed by atoms with E-state index in [-0.39, 0.29) is 17.0 Å². The van der Waals surface area contributed by atoms with Crippen LogP contribution >= 0.6 is 11.8 Å². The number of thioether (sulfide) groups is 1. The number of amides is 2. The standard InChI is InChI=1S/C20H18FNO2S/c1-2-3-4-14-7-11-17(12-8-14)22-19(23)18(25-20(22)24)13-15-5-9-16(21)10-6-15/h5-13H,2-4H2,1H3/b18-13-. The lowest BCUT2D eigenvalue weighted by Crippen LogP contribution is -2.27. The molecule has 2 aromatic rings. The molecule has 2 amide bonds. The summed E-state index contributed by atoms with van der Waals surface area (Å²) in [5.74, 6) is -0.686. The van der Waals surface area contributed by atoms with Crippen LogP contribution < -0.4 is 4.90 Å². The van der Waals surface area contributed by atoms with Gasteiger partial charge in [0, 0.05) is 0 Å². The highest BCUT2D eigenvalue weighted by molar-refractivity contribution is 8.19. The maximum Gasteiger partial charge on any atom is 0.298 e. The number of nitrogens with zero attached hydrogens (tertiary/aromatic N) is 1. The van der Waals surface area contributed by atoms with Gasteiger partial charge in [0.15, 0.2) is 0 Å². The lowest BCUT2D eigenvalue weighted by molar-refractivity contribution is -0.113. The average molecular weight is 355 g/mol. The van der Waals surface area contributed by atoms with E-state index in [1.165, 1.54) is 22.6 Å². The van der Waals surface area contributed by atoms with Crippen molar-refractivity contribution >= 4 is 34.7 Å². The first-order valence-corrected chi connectivity index (χ1v) is 9.02. The zero-order chi connectivity index (χ0) is 17.8. The summed E-state index contributed by atoms with van der Waals surface area (Å²) < 4.78 is 13.0. The van der Waals surface area contributed by atoms with Gasteiger partial charge in [-0.15, -0.1) is 0 Å². The average Bonchev–Trinajstić information content (AvgIpc) is 2.89. The third kappa shape index (κ3) is 3.99. The molecule has 0 aromatic heterocycles. The molecule has 0 bridgehead atoms. The largest absolute Gasteiger partial charge is 0.298 e. The van der Waals surface area contributed by atoms with Gasteiger partial charge in [0.1, 0.15) is 5.82 Å². The second-order valence-electron chi connectivity index (χ2n) is 5.84. The predicted molar refractivity (Wildman–Crippen MR) is 99.9 cm³/mol. The van der Waals surface area contributed by atoms with Crippen LogP contribution in [0.2, 0.25) is 0 Å². The first-order valence-electron chi connectivity index (χ1n) is 8.21. The quantitative estimate of drug-likeness (QED) is 0.673. The van der Waals surface area contributed by atoms with Gasteiger partial charge >= 0.3 is 0 Å². The van der Waals surface area contributed by atoms with E-state index in [2.05, 4.69) is 6.92 Å². The molecule has 0 unspecified atom stereocenters. The first kappa shape index (κ1) is 17.4. The van der Waals surface area contributed by atoms with Crippen LogP contribution in [0.15, 0.2) is 53.4 Å². The highest BCUT2D eigenvalue weighted by Crippen LogP contribution is 2.35. The Kier molecular flexibility index (Phi) is 5.34. The molecule has 3 rings (SSSR count). The molecule has 1 heterocycles. The van der Waals surface area contributed by atoms with Crippen LogP contribution in [0.5, 0.6) is 0 Å². The summed E-state index contributed by atoms with van der Waals surface area (Å²) in [6, 6.07) is 13.3. The van der Waals surface area contributed by atoms with E-state index in [0.717, 1.165) is 31.0 Å². The molecule has 25 heavy (non-hydrogen) atoms. The third-order valence-corrected chi connectivity index (χ3v) is 4.84. The molecular weight excluding hydrogens is 337 g/mol. The number of anilines is 1. The van der Waals surface area contributed by atoms with Crippen molar-refractivity contribution in [2.24, 2.45) is 0 Å². The van der Waals surface area contributed by atoms with Crippen LogP contribution in [0, 0.1) is 5.82 Å². The van der Waals surface area contributed by atoms with Gasteiger partial charge in [0.05, 0.1) is 10.6 Å². The highest BCUT2D eigenvalue weighted by Gasteiger charge is 2.36. The molecule has 0 radical (unpaired) electrons. The number of carbonyl (C=O) groups is 2. The number of rotatable bonds is 5. The molecule has 3 nitrogen and oxygen atoms in total. The number of aryl methyl sites for hydroxylation is 1. The number of hydrogen-bond donors (Lipinski definition) is 0. The Bertz CT molecular complexity index is 813. The lowest BCUT2D eigenvalue weighted by Gasteiger charge is -2.13. The van der Waals surface area contributed by atoms with Crippen molar-refractivity contribution in [1.82, 2.24) is 0 Å². The van der Waals surface area contributed by atoms with Gasteiger partial charge in [-0.25, -0.2) is 9.29 Å². The Balaban J connectivity index is 1.80. The van der Waals surface area contributed by atoms with Crippen molar-refractivity contribution in [3.63, 3.8) is 0 Å². The SMILES string of the molecule is CCCCc1ccc(N2C(=O)S/C(=C\c3ccc(F)cc3)C2=O)cc1. The summed E-state index contributed by atoms with van der Waals surface area (Å²) in [6.45, 7) is 2.14. The molecule has 5 heteroatoms. The molecule has 2 aromatic carbocycles. The molecule has 1 saturated heterocycles. The topological polar surface area (TPSA) is 37.4 Å². The fraction of sp³-hybridized carbons (Fsp3) is 0.200. The molecule has 128 valence electrons. The number of carbonyl (C=O) groups excluding carboxylic acids is 2. The zero-order valence-electron chi connectivity index (χ0n) is 13.9. The van der Waals surface area contributed by atoms with Gasteiger partial charge in [-0.2, -0.15) is 0 Å². The number of hydrogen-bond acceptors (Lipinski definition) is 3. The molecular formula is C20H18FNO2S. The Hall–Kier alpha value is -2.40. The van der Waals surface area contributed by atoms with Crippen LogP contribution in [-0.4, -0.2) is 11.1 Å². The van der Waals surface area contributed by atoms with Crippen LogP contribution in [-0.2, 0) is 11.2 Å². The Morgan fingerprint density at radius 3 is 2.36 bits per heavy atom. The van der Waals surface area contributed by atoms with Crippen LogP contribution in [0.1, 0.15) is 30.9 Å². The molecule has 0 atom stereocenters. The van der Waals surface area contributed by atoms with Crippen LogP contribution in [0.3, 0.4) is 0 Å². The molecule has 0 aliphatic carbocycles. The van der Waals surface area contributed by atoms with E-state index in [4.69, 9.17) is 0 Å². The van der Waals surface area contributed by atoms with E-state index in [9.17, 15) is 14.0 Å². The smallest absolute Gasteiger partial charge is 0.268 e. The molecule has 1 aliphatic rings. The molecule has 0 saturated carbocycles. The minimum Gasteiger partial charge on any atom is -0.268 e. The van der Waals surface area contributed by atoms with E-state index in [0.29, 0.717) is 16.2 Å². The zero-order valence-corrected chi connectivity index (χ0v) is 14.7. The Morgan fingerprint density at radius 1 is 1.04 bits per heavy atom. The summed E-state index contributed by atoms with van der Waals surface area (Å²) in [6.07, 6.45) is 4.84. The van der Waals surface area contributed by atoms with E-state index < -0.39 is 0 Å². The maximum atomic E-state index is 13.0. The molecule has 1 aliphatic heterocycles. The highest BCUT2D eigenvalue weighted by atomic mass is 32.2. The van der Waals surface area contributed by atoms with Gasteiger partial charge in [0.2, 0.25) is 0 Å². The monoisotopic (exact) mass is 355 g/mol. The van der Waals surface area contributed by atoms with Crippen molar-refractivity contribution in [3.8, 4) is 0 Å². The van der Waals surface area contributed by atoms with Crippen molar-refractivity contribution in [3.05, 3.63) is 70.4 Å². The number of halogens is 1. The minimum absolute atomic E-state index is 0.320. The van der Waals surface area contributed by atoms with Crippen LogP contribution in [0.4, 0.5) is 14.9 Å². The number of benzene rings is 2. The van der Waals surface area contributed by atoms with Gasteiger partial charge in [-0.1, -0.05) is 37.6 Å². The van der Waals surface area contributed by atoms with Crippen molar-refractivity contribution in [1.29, 1.82) is 0 Å². The molecule has 1 fully saturated rings. The van der Waals surface area contributed by atoms with E-state index in [1.54, 1.807) is 18.2 Å². The summed E-state index contributed by atoms with van der Waals surface area (Å²) >= 11 is 0.899. The third-order valence-electron chi connectivity index (χ3n) is 3.98. The predicted octanol–water partition coefficient (Wildman–Crippen LogP) is 5.41. The summed E-state index contributed by atoms with van der Waals surface area (Å²) in [7, 11) is 0. The summed E-state index contributed by atoms with van der Waals surface area (Å²) in [5.41, 5.74) is 2.45. The first-order chi connectivity index (χ1) is 12.1. The number of unbranched alkanes of at least 4 members (excludes halogenated alkanes) is 1. The Morgan fingerprint density at radius 2 is 1.72 bits per heavy atom. The van der Waals surface area contributed by atoms with Gasteiger partial charge in [-0.05, 0) is 66.1 Å². The van der Waals surface area contributed by atoms with Crippen LogP contribution in [0.25, 0.3) is 6.08 Å². The second kappa shape index (κ2) is 7.66. The normalized spacial score (nSPS) is 16.1. The van der Waals surface area contributed by atoms with E-state index in [1.807, 2.05) is 24.3 Å². The lowest BCUT2D eigenvalue weighted by atomic mass is 10.1. The minimum atomic E-state index is -0.347. The fourth-order valence-electron chi connectivity index (χ4n) is 2.59. The van der Waals surface area contributed by atoms with Crippen molar-refractivity contribution in [2.45, 2.75) is 26.2 Å². The Labute approximate surface area is 150 Å².